The molecule has 1 aromatic carbocycles. The van der Waals surface area contributed by atoms with Gasteiger partial charge >= 0.3 is 6.18 Å². The van der Waals surface area contributed by atoms with Gasteiger partial charge in [0.15, 0.2) is 0 Å². The summed E-state index contributed by atoms with van der Waals surface area (Å²) in [5, 5.41) is 0. The van der Waals surface area contributed by atoms with Gasteiger partial charge in [0.05, 0.1) is 5.56 Å². The number of hydrogen-bond acceptors (Lipinski definition) is 2. The fraction of sp³-hybridized carbons (Fsp3) is 0.571. The number of nitrogens with two attached hydrogens (primary N) is 1. The first kappa shape index (κ1) is 15.8. The third kappa shape index (κ3) is 3.86. The summed E-state index contributed by atoms with van der Waals surface area (Å²) in [6, 6.07) is 4.45. The molecule has 19 heavy (non-hydrogen) atoms. The van der Waals surface area contributed by atoms with Crippen molar-refractivity contribution >= 4 is 5.69 Å². The molecule has 1 atom stereocenters. The van der Waals surface area contributed by atoms with Crippen LogP contribution >= 0.6 is 0 Å². The van der Waals surface area contributed by atoms with Crippen molar-refractivity contribution in [2.24, 2.45) is 5.73 Å². The molecular weight excluding hydrogens is 253 g/mol. The smallest absolute Gasteiger partial charge is 0.372 e. The van der Waals surface area contributed by atoms with Gasteiger partial charge in [-0.3, -0.25) is 0 Å². The Bertz CT molecular complexity index is 416. The van der Waals surface area contributed by atoms with Crippen molar-refractivity contribution in [3.05, 3.63) is 29.3 Å². The summed E-state index contributed by atoms with van der Waals surface area (Å²) in [5.41, 5.74) is 5.70. The van der Waals surface area contributed by atoms with Crippen LogP contribution in [0.25, 0.3) is 0 Å². The summed E-state index contributed by atoms with van der Waals surface area (Å²) in [7, 11) is 1.89. The zero-order valence-corrected chi connectivity index (χ0v) is 11.6. The second-order valence-electron chi connectivity index (χ2n) is 4.79. The molecule has 1 unspecified atom stereocenters. The van der Waals surface area contributed by atoms with E-state index in [2.05, 4.69) is 13.8 Å². The topological polar surface area (TPSA) is 29.3 Å². The number of benzene rings is 1. The number of halogens is 3. The molecule has 5 heteroatoms. The Balaban J connectivity index is 3.06. The van der Waals surface area contributed by atoms with Gasteiger partial charge in [-0.1, -0.05) is 13.3 Å². The number of nitrogens with zero attached hydrogens (tertiary/aromatic N) is 1. The van der Waals surface area contributed by atoms with Gasteiger partial charge in [0.1, 0.15) is 0 Å². The highest BCUT2D eigenvalue weighted by Crippen LogP contribution is 2.34. The fourth-order valence-electron chi connectivity index (χ4n) is 2.11. The average molecular weight is 274 g/mol. The summed E-state index contributed by atoms with van der Waals surface area (Å²) in [5.74, 6) is 0. The van der Waals surface area contributed by atoms with Gasteiger partial charge in [0.2, 0.25) is 0 Å². The Kier molecular flexibility index (Phi) is 5.23. The molecule has 2 N–H and O–H groups in total. The second-order valence-corrected chi connectivity index (χ2v) is 4.79. The molecule has 0 bridgehead atoms. The van der Waals surface area contributed by atoms with Gasteiger partial charge in [-0.2, -0.15) is 13.2 Å². The van der Waals surface area contributed by atoms with Gasteiger partial charge in [-0.25, -0.2) is 0 Å². The molecule has 0 radical (unpaired) electrons. The van der Waals surface area contributed by atoms with Crippen molar-refractivity contribution in [2.45, 2.75) is 45.5 Å². The van der Waals surface area contributed by atoms with E-state index in [0.29, 0.717) is 0 Å². The largest absolute Gasteiger partial charge is 0.416 e. The van der Waals surface area contributed by atoms with Crippen molar-refractivity contribution < 1.29 is 13.2 Å². The highest BCUT2D eigenvalue weighted by molar-refractivity contribution is 5.51. The lowest BCUT2D eigenvalue weighted by atomic mass is 10.0. The standard InChI is InChI=1S/C14H21F3N2/c1-4-5-10(2)19(3)12-6-7-13(14(15,16)17)11(8-12)9-18/h6-8,10H,4-5,9,18H2,1-3H3. The first-order valence-corrected chi connectivity index (χ1v) is 6.44. The number of hydrogen-bond donors (Lipinski definition) is 1. The maximum Gasteiger partial charge on any atom is 0.416 e. The lowest BCUT2D eigenvalue weighted by molar-refractivity contribution is -0.138. The van der Waals surface area contributed by atoms with E-state index in [4.69, 9.17) is 5.73 Å². The Morgan fingerprint density at radius 3 is 2.42 bits per heavy atom. The lowest BCUT2D eigenvalue weighted by Crippen LogP contribution is -2.29. The zero-order chi connectivity index (χ0) is 14.6. The molecule has 0 amide bonds. The second kappa shape index (κ2) is 6.28. The summed E-state index contributed by atoms with van der Waals surface area (Å²) in [4.78, 5) is 1.99. The lowest BCUT2D eigenvalue weighted by Gasteiger charge is -2.28. The maximum absolute atomic E-state index is 12.8. The normalized spacial score (nSPS) is 13.4. The van der Waals surface area contributed by atoms with Gasteiger partial charge in [-0.05, 0) is 37.1 Å². The number of alkyl halides is 3. The van der Waals surface area contributed by atoms with Gasteiger partial charge < -0.3 is 10.6 Å². The molecule has 0 fully saturated rings. The summed E-state index contributed by atoms with van der Waals surface area (Å²) < 4.78 is 38.3. The van der Waals surface area contributed by atoms with E-state index >= 15 is 0 Å². The first-order chi connectivity index (χ1) is 8.81. The molecule has 0 spiro atoms. The summed E-state index contributed by atoms with van der Waals surface area (Å²) in [6.07, 6.45) is -2.31. The summed E-state index contributed by atoms with van der Waals surface area (Å²) in [6.45, 7) is 4.03. The Hall–Kier alpha value is -1.23. The molecule has 0 saturated heterocycles. The predicted octanol–water partition coefficient (Wildman–Crippen LogP) is 3.79. The third-order valence-electron chi connectivity index (χ3n) is 3.39. The van der Waals surface area contributed by atoms with E-state index in [1.807, 2.05) is 11.9 Å². The minimum atomic E-state index is -4.35. The van der Waals surface area contributed by atoms with Crippen LogP contribution in [0.15, 0.2) is 18.2 Å². The van der Waals surface area contributed by atoms with Gasteiger partial charge in [0.25, 0.3) is 0 Å². The number of rotatable bonds is 5. The van der Waals surface area contributed by atoms with E-state index in [-0.39, 0.29) is 18.2 Å². The van der Waals surface area contributed by atoms with Crippen molar-refractivity contribution in [1.82, 2.24) is 0 Å². The SMILES string of the molecule is CCCC(C)N(C)c1ccc(C(F)(F)F)c(CN)c1. The molecule has 108 valence electrons. The monoisotopic (exact) mass is 274 g/mol. The van der Waals surface area contributed by atoms with Crippen LogP contribution in [-0.4, -0.2) is 13.1 Å². The molecule has 0 aliphatic rings. The van der Waals surface area contributed by atoms with Crippen LogP contribution in [-0.2, 0) is 12.7 Å². The quantitative estimate of drug-likeness (QED) is 0.885. The minimum Gasteiger partial charge on any atom is -0.372 e. The Labute approximate surface area is 112 Å². The van der Waals surface area contributed by atoms with Crippen LogP contribution in [0.4, 0.5) is 18.9 Å². The molecule has 0 aromatic heterocycles. The van der Waals surface area contributed by atoms with Crippen molar-refractivity contribution in [2.75, 3.05) is 11.9 Å². The van der Waals surface area contributed by atoms with Crippen molar-refractivity contribution in [3.63, 3.8) is 0 Å². The van der Waals surface area contributed by atoms with Gasteiger partial charge in [0, 0.05) is 25.3 Å². The van der Waals surface area contributed by atoms with Crippen molar-refractivity contribution in [1.29, 1.82) is 0 Å². The van der Waals surface area contributed by atoms with E-state index in [0.717, 1.165) is 24.6 Å². The van der Waals surface area contributed by atoms with Crippen LogP contribution in [0.3, 0.4) is 0 Å². The summed E-state index contributed by atoms with van der Waals surface area (Å²) >= 11 is 0. The van der Waals surface area contributed by atoms with Crippen LogP contribution in [0, 0.1) is 0 Å². The van der Waals surface area contributed by atoms with Crippen molar-refractivity contribution in [3.8, 4) is 0 Å². The molecule has 0 heterocycles. The van der Waals surface area contributed by atoms with E-state index < -0.39 is 11.7 Å². The molecule has 0 saturated carbocycles. The molecule has 0 aliphatic heterocycles. The Morgan fingerprint density at radius 2 is 1.95 bits per heavy atom. The number of anilines is 1. The van der Waals surface area contributed by atoms with Crippen LogP contribution < -0.4 is 10.6 Å². The molecule has 1 aromatic rings. The highest BCUT2D eigenvalue weighted by atomic mass is 19.4. The first-order valence-electron chi connectivity index (χ1n) is 6.44. The van der Waals surface area contributed by atoms with Crippen LogP contribution in [0.5, 0.6) is 0 Å². The third-order valence-corrected chi connectivity index (χ3v) is 3.39. The van der Waals surface area contributed by atoms with E-state index in [1.54, 1.807) is 0 Å². The predicted molar refractivity (Wildman–Crippen MR) is 72.1 cm³/mol. The molecule has 1 rings (SSSR count). The van der Waals surface area contributed by atoms with Crippen LogP contribution in [0.2, 0.25) is 0 Å². The average Bonchev–Trinajstić information content (AvgIpc) is 2.36. The van der Waals surface area contributed by atoms with Gasteiger partial charge in [-0.15, -0.1) is 0 Å². The maximum atomic E-state index is 12.8. The highest BCUT2D eigenvalue weighted by Gasteiger charge is 2.33. The van der Waals surface area contributed by atoms with E-state index in [1.165, 1.54) is 12.1 Å². The Morgan fingerprint density at radius 1 is 1.32 bits per heavy atom. The minimum absolute atomic E-state index is 0.112. The fourth-order valence-corrected chi connectivity index (χ4v) is 2.11. The molecule has 0 aliphatic carbocycles. The molecule has 2 nitrogen and oxygen atoms in total. The molecular formula is C14H21F3N2. The zero-order valence-electron chi connectivity index (χ0n) is 11.6. The van der Waals surface area contributed by atoms with Crippen LogP contribution in [0.1, 0.15) is 37.8 Å². The van der Waals surface area contributed by atoms with E-state index in [9.17, 15) is 13.2 Å².